The third-order valence-electron chi connectivity index (χ3n) is 2.92. The molecule has 2 aromatic carbocycles. The molecule has 1 heterocycles. The van der Waals surface area contributed by atoms with E-state index in [4.69, 9.17) is 0 Å². The Morgan fingerprint density at radius 2 is 1.56 bits per heavy atom. The van der Waals surface area contributed by atoms with Crippen LogP contribution in [0.4, 0.5) is 11.4 Å². The van der Waals surface area contributed by atoms with Gasteiger partial charge in [-0.05, 0) is 24.3 Å². The molecule has 3 heteroatoms. The molecular weight excluding hydrogens is 222 g/mol. The van der Waals surface area contributed by atoms with Crippen molar-refractivity contribution in [2.24, 2.45) is 5.10 Å². The first-order chi connectivity index (χ1) is 8.92. The van der Waals surface area contributed by atoms with Gasteiger partial charge >= 0.3 is 0 Å². The van der Waals surface area contributed by atoms with Crippen molar-refractivity contribution in [2.75, 3.05) is 16.9 Å². The van der Waals surface area contributed by atoms with Crippen molar-refractivity contribution >= 4 is 17.2 Å². The minimum atomic E-state index is 0.930. The molecule has 90 valence electrons. The summed E-state index contributed by atoms with van der Waals surface area (Å²) in [5.74, 6) is 1.02. The number of benzene rings is 2. The molecule has 0 aromatic heterocycles. The van der Waals surface area contributed by atoms with Crippen molar-refractivity contribution in [2.45, 2.75) is 6.42 Å². The van der Waals surface area contributed by atoms with E-state index < -0.39 is 0 Å². The van der Waals surface area contributed by atoms with Crippen LogP contribution in [0.2, 0.25) is 0 Å². The van der Waals surface area contributed by atoms with Crippen LogP contribution in [0.5, 0.6) is 0 Å². The number of hydrogen-bond donors (Lipinski definition) is 1. The minimum absolute atomic E-state index is 0.930. The molecule has 0 spiro atoms. The average molecular weight is 237 g/mol. The maximum absolute atomic E-state index is 4.59. The maximum Gasteiger partial charge on any atom is 0.129 e. The summed E-state index contributed by atoms with van der Waals surface area (Å²) in [5.41, 5.74) is 2.23. The van der Waals surface area contributed by atoms with Gasteiger partial charge in [-0.1, -0.05) is 36.4 Å². The van der Waals surface area contributed by atoms with E-state index in [1.54, 1.807) is 0 Å². The number of amidine groups is 1. The molecule has 0 aliphatic carbocycles. The zero-order valence-electron chi connectivity index (χ0n) is 10.1. The monoisotopic (exact) mass is 237 g/mol. The minimum Gasteiger partial charge on any atom is -0.342 e. The molecule has 1 aliphatic heterocycles. The Balaban J connectivity index is 1.73. The molecule has 0 amide bonds. The highest BCUT2D eigenvalue weighted by Gasteiger charge is 2.15. The highest BCUT2D eigenvalue weighted by molar-refractivity contribution is 5.97. The number of nitrogens with one attached hydrogen (secondary N) is 1. The van der Waals surface area contributed by atoms with Crippen LogP contribution in [0.3, 0.4) is 0 Å². The van der Waals surface area contributed by atoms with Crippen LogP contribution in [-0.2, 0) is 0 Å². The van der Waals surface area contributed by atoms with E-state index in [9.17, 15) is 0 Å². The lowest BCUT2D eigenvalue weighted by Crippen LogP contribution is -2.11. The third-order valence-corrected chi connectivity index (χ3v) is 2.92. The Bertz CT molecular complexity index is 534. The van der Waals surface area contributed by atoms with Gasteiger partial charge in [0.2, 0.25) is 0 Å². The summed E-state index contributed by atoms with van der Waals surface area (Å²) in [6.07, 6.45) is 0.948. The summed E-state index contributed by atoms with van der Waals surface area (Å²) in [5, 5.41) is 9.97. The van der Waals surface area contributed by atoms with Crippen LogP contribution in [-0.4, -0.2) is 12.4 Å². The predicted octanol–water partition coefficient (Wildman–Crippen LogP) is 3.32. The predicted molar refractivity (Wildman–Crippen MR) is 75.9 cm³/mol. The molecule has 1 aliphatic rings. The first-order valence-corrected chi connectivity index (χ1v) is 6.14. The maximum atomic E-state index is 4.59. The van der Waals surface area contributed by atoms with E-state index in [-0.39, 0.29) is 0 Å². The van der Waals surface area contributed by atoms with Crippen molar-refractivity contribution in [1.82, 2.24) is 0 Å². The molecule has 0 saturated heterocycles. The van der Waals surface area contributed by atoms with Crippen LogP contribution in [0.1, 0.15) is 6.42 Å². The Kier molecular flexibility index (Phi) is 2.96. The van der Waals surface area contributed by atoms with E-state index >= 15 is 0 Å². The molecule has 3 rings (SSSR count). The van der Waals surface area contributed by atoms with E-state index in [1.165, 1.54) is 0 Å². The van der Waals surface area contributed by atoms with E-state index in [2.05, 4.69) is 22.6 Å². The lowest BCUT2D eigenvalue weighted by molar-refractivity contribution is 0.922. The standard InChI is InChI=1S/C15H15N3/c1-3-7-13(8-4-1)16-15-11-12-18(17-15)14-9-5-2-6-10-14/h1-10H,11-12H2,(H,16,17). The Morgan fingerprint density at radius 3 is 2.28 bits per heavy atom. The van der Waals surface area contributed by atoms with E-state index in [0.29, 0.717) is 0 Å². The second-order valence-electron chi connectivity index (χ2n) is 4.25. The highest BCUT2D eigenvalue weighted by Crippen LogP contribution is 2.19. The summed E-state index contributed by atoms with van der Waals surface area (Å²) in [4.78, 5) is 0. The number of rotatable bonds is 2. The summed E-state index contributed by atoms with van der Waals surface area (Å²) in [7, 11) is 0. The molecule has 1 N–H and O–H groups in total. The first-order valence-electron chi connectivity index (χ1n) is 6.14. The molecule has 0 fully saturated rings. The summed E-state index contributed by atoms with van der Waals surface area (Å²) < 4.78 is 0. The number of nitrogens with zero attached hydrogens (tertiary/aromatic N) is 2. The van der Waals surface area contributed by atoms with Gasteiger partial charge in [-0.3, -0.25) is 5.01 Å². The van der Waals surface area contributed by atoms with Gasteiger partial charge in [0.1, 0.15) is 5.84 Å². The number of anilines is 2. The van der Waals surface area contributed by atoms with Crippen LogP contribution < -0.4 is 10.3 Å². The Morgan fingerprint density at radius 1 is 0.889 bits per heavy atom. The molecule has 2 aromatic rings. The van der Waals surface area contributed by atoms with Gasteiger partial charge < -0.3 is 5.32 Å². The molecule has 0 unspecified atom stereocenters. The smallest absolute Gasteiger partial charge is 0.129 e. The van der Waals surface area contributed by atoms with Gasteiger partial charge in [0, 0.05) is 18.7 Å². The lowest BCUT2D eigenvalue weighted by Gasteiger charge is -2.12. The fourth-order valence-corrected chi connectivity index (χ4v) is 2.02. The highest BCUT2D eigenvalue weighted by atomic mass is 15.5. The third kappa shape index (κ3) is 2.35. The molecule has 3 nitrogen and oxygen atoms in total. The second-order valence-corrected chi connectivity index (χ2v) is 4.25. The van der Waals surface area contributed by atoms with Crippen LogP contribution in [0, 0.1) is 0 Å². The number of hydrazone groups is 1. The molecule has 0 saturated carbocycles. The summed E-state index contributed by atoms with van der Waals surface area (Å²) in [6.45, 7) is 0.930. The van der Waals surface area contributed by atoms with Crippen molar-refractivity contribution in [3.8, 4) is 0 Å². The van der Waals surface area contributed by atoms with Gasteiger partial charge in [0.25, 0.3) is 0 Å². The lowest BCUT2D eigenvalue weighted by atomic mass is 10.3. The summed E-state index contributed by atoms with van der Waals surface area (Å²) in [6, 6.07) is 20.4. The largest absolute Gasteiger partial charge is 0.342 e. The SMILES string of the molecule is c1ccc(NC2=NN(c3ccccc3)CC2)cc1. The van der Waals surface area contributed by atoms with Crippen LogP contribution >= 0.6 is 0 Å². The zero-order chi connectivity index (χ0) is 12.2. The number of para-hydroxylation sites is 2. The number of hydrogen-bond acceptors (Lipinski definition) is 3. The van der Waals surface area contributed by atoms with Crippen LogP contribution in [0.15, 0.2) is 65.8 Å². The fraction of sp³-hybridized carbons (Fsp3) is 0.133. The van der Waals surface area contributed by atoms with Crippen molar-refractivity contribution in [3.05, 3.63) is 60.7 Å². The summed E-state index contributed by atoms with van der Waals surface area (Å²) >= 11 is 0. The van der Waals surface area contributed by atoms with Gasteiger partial charge in [-0.25, -0.2) is 0 Å². The first kappa shape index (κ1) is 10.8. The van der Waals surface area contributed by atoms with Gasteiger partial charge in [-0.15, -0.1) is 0 Å². The molecule has 0 bridgehead atoms. The van der Waals surface area contributed by atoms with Gasteiger partial charge in [-0.2, -0.15) is 5.10 Å². The van der Waals surface area contributed by atoms with Gasteiger partial charge in [0.05, 0.1) is 5.69 Å². The molecular formula is C15H15N3. The van der Waals surface area contributed by atoms with Crippen molar-refractivity contribution < 1.29 is 0 Å². The molecule has 18 heavy (non-hydrogen) atoms. The second kappa shape index (κ2) is 4.92. The Labute approximate surface area is 107 Å². The topological polar surface area (TPSA) is 27.6 Å². The van der Waals surface area contributed by atoms with Crippen molar-refractivity contribution in [3.63, 3.8) is 0 Å². The fourth-order valence-electron chi connectivity index (χ4n) is 2.02. The van der Waals surface area contributed by atoms with E-state index in [0.717, 1.165) is 30.2 Å². The zero-order valence-corrected chi connectivity index (χ0v) is 10.1. The molecule has 0 radical (unpaired) electrons. The van der Waals surface area contributed by atoms with Gasteiger partial charge in [0.15, 0.2) is 0 Å². The van der Waals surface area contributed by atoms with Crippen molar-refractivity contribution in [1.29, 1.82) is 0 Å². The quantitative estimate of drug-likeness (QED) is 0.867. The molecule has 0 atom stereocenters. The Hall–Kier alpha value is -2.29. The van der Waals surface area contributed by atoms with E-state index in [1.807, 2.05) is 53.5 Å². The normalized spacial score (nSPS) is 14.4. The van der Waals surface area contributed by atoms with Crippen LogP contribution in [0.25, 0.3) is 0 Å². The average Bonchev–Trinajstić information content (AvgIpc) is 2.89.